The summed E-state index contributed by atoms with van der Waals surface area (Å²) in [6.07, 6.45) is 5.50. The average molecular weight is 704 g/mol. The number of phenolic OH excluding ortho intramolecular Hbond substituents is 2. The first-order valence-corrected chi connectivity index (χ1v) is 13.5. The molecule has 0 saturated heterocycles. The molecule has 2 aromatic heterocycles. The topological polar surface area (TPSA) is 102 Å². The van der Waals surface area contributed by atoms with Gasteiger partial charge in [0, 0.05) is 24.2 Å². The molecule has 0 unspecified atom stereocenters. The quantitative estimate of drug-likeness (QED) is 0.213. The van der Waals surface area contributed by atoms with Crippen molar-refractivity contribution < 1.29 is 10.2 Å². The van der Waals surface area contributed by atoms with Gasteiger partial charge in [-0.1, -0.05) is 46.8 Å². The van der Waals surface area contributed by atoms with Crippen molar-refractivity contribution in [1.29, 1.82) is 0 Å². The number of halogens is 2. The molecule has 2 N–H and O–H groups in total. The van der Waals surface area contributed by atoms with E-state index < -0.39 is 0 Å². The van der Waals surface area contributed by atoms with Crippen LogP contribution in [0, 0.1) is 7.14 Å². The van der Waals surface area contributed by atoms with E-state index in [-0.39, 0.29) is 0 Å². The Kier molecular flexibility index (Phi) is 7.51. The van der Waals surface area contributed by atoms with Crippen molar-refractivity contribution in [2.75, 3.05) is 0 Å². The van der Waals surface area contributed by atoms with E-state index in [0.29, 0.717) is 24.6 Å². The van der Waals surface area contributed by atoms with Gasteiger partial charge in [-0.25, -0.2) is 0 Å². The Bertz CT molecular complexity index is 1380. The average Bonchev–Trinajstić information content (AvgIpc) is 3.56. The second-order valence-electron chi connectivity index (χ2n) is 8.38. The van der Waals surface area contributed by atoms with Crippen LogP contribution < -0.4 is 0 Å². The minimum absolute atomic E-state index is 0.303. The fraction of sp³-hybridized carbons (Fsp3) is 0.154. The van der Waals surface area contributed by atoms with Crippen LogP contribution in [0.15, 0.2) is 73.1 Å². The molecule has 182 valence electrons. The largest absolute Gasteiger partial charge is 0.507 e. The molecule has 8 nitrogen and oxygen atoms in total. The molecule has 0 radical (unpaired) electrons. The van der Waals surface area contributed by atoms with Crippen molar-refractivity contribution in [3.8, 4) is 34.0 Å². The van der Waals surface area contributed by atoms with E-state index in [0.717, 1.165) is 53.6 Å². The lowest BCUT2D eigenvalue weighted by molar-refractivity contribution is 0.470. The number of nitrogens with zero attached hydrogens (tertiary/aromatic N) is 6. The van der Waals surface area contributed by atoms with E-state index in [1.165, 1.54) is 0 Å². The number of rotatable bonds is 8. The number of hydrogen-bond donors (Lipinski definition) is 2. The van der Waals surface area contributed by atoms with Crippen LogP contribution in [0.5, 0.6) is 11.5 Å². The van der Waals surface area contributed by atoms with Crippen molar-refractivity contribution in [1.82, 2.24) is 30.0 Å². The van der Waals surface area contributed by atoms with Gasteiger partial charge in [0.05, 0.1) is 19.5 Å². The van der Waals surface area contributed by atoms with Gasteiger partial charge in [0.1, 0.15) is 22.9 Å². The second-order valence-corrected chi connectivity index (χ2v) is 10.7. The van der Waals surface area contributed by atoms with Gasteiger partial charge in [0.2, 0.25) is 0 Å². The molecule has 0 spiro atoms. The van der Waals surface area contributed by atoms with Gasteiger partial charge >= 0.3 is 0 Å². The van der Waals surface area contributed by atoms with Crippen LogP contribution in [0.3, 0.4) is 0 Å². The van der Waals surface area contributed by atoms with Crippen molar-refractivity contribution >= 4 is 45.2 Å². The van der Waals surface area contributed by atoms with Crippen LogP contribution >= 0.6 is 45.2 Å². The lowest BCUT2D eigenvalue weighted by Crippen LogP contribution is -2.02. The standard InChI is InChI=1S/C26H22I2N6O2/c27-21-13-17(1-7-25(21)35)9-11-33-15-23(29-31-33)19-3-5-20(6-4-19)24-16-34(32-30-24)12-10-18-2-8-26(36)22(28)14-18/h1-8,13-16,35-36H,9-12H2. The van der Waals surface area contributed by atoms with Crippen molar-refractivity contribution in [3.05, 3.63) is 91.3 Å². The zero-order valence-electron chi connectivity index (χ0n) is 19.1. The number of benzene rings is 3. The summed E-state index contributed by atoms with van der Waals surface area (Å²) in [6.45, 7) is 1.41. The van der Waals surface area contributed by atoms with E-state index in [1.807, 2.05) is 70.3 Å². The Morgan fingerprint density at radius 2 is 1.03 bits per heavy atom. The molecule has 0 saturated carbocycles. The summed E-state index contributed by atoms with van der Waals surface area (Å²) >= 11 is 4.26. The Balaban J connectivity index is 1.20. The van der Waals surface area contributed by atoms with Crippen LogP contribution in [0.25, 0.3) is 22.5 Å². The zero-order chi connectivity index (χ0) is 25.1. The van der Waals surface area contributed by atoms with Crippen LogP contribution in [-0.4, -0.2) is 40.2 Å². The molecule has 0 aliphatic rings. The molecule has 2 heterocycles. The molecule has 5 rings (SSSR count). The molecule has 0 amide bonds. The van der Waals surface area contributed by atoms with Gasteiger partial charge in [-0.15, -0.1) is 10.2 Å². The predicted octanol–water partition coefficient (Wildman–Crippen LogP) is 5.31. The van der Waals surface area contributed by atoms with Crippen LogP contribution in [0.4, 0.5) is 0 Å². The summed E-state index contributed by atoms with van der Waals surface area (Å²) in [5.41, 5.74) is 5.88. The summed E-state index contributed by atoms with van der Waals surface area (Å²) in [7, 11) is 0. The molecule has 3 aromatic carbocycles. The van der Waals surface area contributed by atoms with Gasteiger partial charge in [-0.2, -0.15) is 0 Å². The molecule has 0 aliphatic heterocycles. The third kappa shape index (κ3) is 5.86. The Morgan fingerprint density at radius 1 is 0.611 bits per heavy atom. The number of aromatic hydroxyl groups is 2. The molecule has 0 atom stereocenters. The first kappa shape index (κ1) is 24.7. The van der Waals surface area contributed by atoms with E-state index in [4.69, 9.17) is 0 Å². The second kappa shape index (κ2) is 10.9. The van der Waals surface area contributed by atoms with Crippen LogP contribution in [0.2, 0.25) is 0 Å². The van der Waals surface area contributed by atoms with Gasteiger partial charge in [0.25, 0.3) is 0 Å². The SMILES string of the molecule is Oc1ccc(CCn2cc(-c3ccc(-c4cn(CCc5ccc(O)c(I)c5)nn4)cc3)nn2)cc1I. The smallest absolute Gasteiger partial charge is 0.128 e. The summed E-state index contributed by atoms with van der Waals surface area (Å²) in [4.78, 5) is 0. The first-order chi connectivity index (χ1) is 17.4. The Labute approximate surface area is 235 Å². The highest BCUT2D eigenvalue weighted by Gasteiger charge is 2.09. The van der Waals surface area contributed by atoms with Crippen molar-refractivity contribution in [2.24, 2.45) is 0 Å². The first-order valence-electron chi connectivity index (χ1n) is 11.3. The van der Waals surface area contributed by atoms with Crippen molar-refractivity contribution in [3.63, 3.8) is 0 Å². The normalized spacial score (nSPS) is 11.2. The number of hydrogen-bond acceptors (Lipinski definition) is 6. The molecular weight excluding hydrogens is 682 g/mol. The Morgan fingerprint density at radius 3 is 1.42 bits per heavy atom. The fourth-order valence-corrected chi connectivity index (χ4v) is 4.95. The number of phenols is 2. The maximum absolute atomic E-state index is 9.68. The summed E-state index contributed by atoms with van der Waals surface area (Å²) in [6, 6.07) is 19.3. The minimum atomic E-state index is 0.303. The van der Waals surface area contributed by atoms with E-state index in [2.05, 4.69) is 65.8 Å². The molecule has 10 heteroatoms. The molecule has 36 heavy (non-hydrogen) atoms. The zero-order valence-corrected chi connectivity index (χ0v) is 23.4. The highest BCUT2D eigenvalue weighted by Crippen LogP contribution is 2.24. The lowest BCUT2D eigenvalue weighted by atomic mass is 10.1. The molecule has 5 aromatic rings. The fourth-order valence-electron chi connectivity index (χ4n) is 3.79. The summed E-state index contributed by atoms with van der Waals surface area (Å²) < 4.78 is 5.36. The van der Waals surface area contributed by atoms with E-state index >= 15 is 0 Å². The van der Waals surface area contributed by atoms with E-state index in [1.54, 1.807) is 12.1 Å². The van der Waals surface area contributed by atoms with Crippen LogP contribution in [0.1, 0.15) is 11.1 Å². The van der Waals surface area contributed by atoms with Gasteiger partial charge in [-0.05, 0) is 93.4 Å². The van der Waals surface area contributed by atoms with Crippen molar-refractivity contribution in [2.45, 2.75) is 25.9 Å². The van der Waals surface area contributed by atoms with Gasteiger partial charge in [0.15, 0.2) is 0 Å². The molecule has 0 fully saturated rings. The molecule has 0 bridgehead atoms. The van der Waals surface area contributed by atoms with Crippen LogP contribution in [-0.2, 0) is 25.9 Å². The number of aryl methyl sites for hydroxylation is 4. The number of aromatic nitrogens is 6. The molecular formula is C26H22I2N6O2. The highest BCUT2D eigenvalue weighted by atomic mass is 127. The maximum Gasteiger partial charge on any atom is 0.128 e. The summed E-state index contributed by atoms with van der Waals surface area (Å²) in [5.74, 6) is 0.606. The minimum Gasteiger partial charge on any atom is -0.507 e. The Hall–Kier alpha value is -3.00. The van der Waals surface area contributed by atoms with E-state index in [9.17, 15) is 10.2 Å². The lowest BCUT2D eigenvalue weighted by Gasteiger charge is -2.04. The predicted molar refractivity (Wildman–Crippen MR) is 154 cm³/mol. The highest BCUT2D eigenvalue weighted by molar-refractivity contribution is 14.1. The summed E-state index contributed by atoms with van der Waals surface area (Å²) in [5, 5.41) is 36.5. The molecule has 0 aliphatic carbocycles. The van der Waals surface area contributed by atoms with Gasteiger partial charge in [-0.3, -0.25) is 9.36 Å². The third-order valence-electron chi connectivity index (χ3n) is 5.84. The monoisotopic (exact) mass is 704 g/mol. The van der Waals surface area contributed by atoms with Gasteiger partial charge < -0.3 is 10.2 Å². The third-order valence-corrected chi connectivity index (χ3v) is 7.57. The maximum atomic E-state index is 9.68.